The van der Waals surface area contributed by atoms with E-state index in [2.05, 4.69) is 22.3 Å². The quantitative estimate of drug-likeness (QED) is 0.741. The summed E-state index contributed by atoms with van der Waals surface area (Å²) in [4.78, 5) is 15.0. The number of carbonyl (C=O) groups excluding carboxylic acids is 1. The first kappa shape index (κ1) is 21.1. The van der Waals surface area contributed by atoms with Crippen LogP contribution in [0.2, 0.25) is 0 Å². The van der Waals surface area contributed by atoms with Crippen LogP contribution in [0.5, 0.6) is 11.5 Å². The van der Waals surface area contributed by atoms with Gasteiger partial charge >= 0.3 is 0 Å². The molecule has 1 heterocycles. The number of carbonyl (C=O) groups is 1. The lowest BCUT2D eigenvalue weighted by molar-refractivity contribution is -0.127. The predicted molar refractivity (Wildman–Crippen MR) is 112 cm³/mol. The van der Waals surface area contributed by atoms with Crippen LogP contribution in [0.4, 0.5) is 0 Å². The highest BCUT2D eigenvalue weighted by Crippen LogP contribution is 2.24. The minimum Gasteiger partial charge on any atom is -0.497 e. The molecule has 156 valence electrons. The Bertz CT molecular complexity index is 770. The van der Waals surface area contributed by atoms with Crippen LogP contribution in [0, 0.1) is 6.92 Å². The van der Waals surface area contributed by atoms with Crippen molar-refractivity contribution in [1.82, 2.24) is 10.2 Å². The van der Waals surface area contributed by atoms with Gasteiger partial charge in [0.15, 0.2) is 6.10 Å². The molecule has 2 atom stereocenters. The van der Waals surface area contributed by atoms with Crippen molar-refractivity contribution in [2.24, 2.45) is 0 Å². The molecule has 3 rings (SSSR count). The van der Waals surface area contributed by atoms with Crippen LogP contribution in [0.1, 0.15) is 24.1 Å². The SMILES string of the molecule is COc1ccc(C(CNC(=O)C(C)Oc2ccc(C)cc2)N2CCOCC2)cc1. The molecule has 0 saturated carbocycles. The van der Waals surface area contributed by atoms with Crippen molar-refractivity contribution < 1.29 is 19.0 Å². The van der Waals surface area contributed by atoms with Crippen molar-refractivity contribution in [3.05, 3.63) is 59.7 Å². The molecule has 1 amide bonds. The first-order valence-corrected chi connectivity index (χ1v) is 10.0. The van der Waals surface area contributed by atoms with Crippen molar-refractivity contribution in [2.75, 3.05) is 40.0 Å². The lowest BCUT2D eigenvalue weighted by Gasteiger charge is -2.35. The van der Waals surface area contributed by atoms with E-state index in [1.807, 2.05) is 43.3 Å². The lowest BCUT2D eigenvalue weighted by atomic mass is 10.0. The fraction of sp³-hybridized carbons (Fsp3) is 0.435. The first-order valence-electron chi connectivity index (χ1n) is 10.0. The van der Waals surface area contributed by atoms with Crippen LogP contribution in [0.15, 0.2) is 48.5 Å². The molecule has 6 heteroatoms. The van der Waals surface area contributed by atoms with Gasteiger partial charge < -0.3 is 19.5 Å². The Balaban J connectivity index is 1.63. The molecule has 0 bridgehead atoms. The number of morpholine rings is 1. The van der Waals surface area contributed by atoms with Gasteiger partial charge in [-0.25, -0.2) is 0 Å². The maximum Gasteiger partial charge on any atom is 0.260 e. The van der Waals surface area contributed by atoms with E-state index in [1.165, 1.54) is 0 Å². The third-order valence-corrected chi connectivity index (χ3v) is 5.16. The Morgan fingerprint density at radius 1 is 1.07 bits per heavy atom. The fourth-order valence-corrected chi connectivity index (χ4v) is 3.39. The largest absolute Gasteiger partial charge is 0.497 e. The van der Waals surface area contributed by atoms with Crippen LogP contribution in [0.25, 0.3) is 0 Å². The summed E-state index contributed by atoms with van der Waals surface area (Å²) in [5.41, 5.74) is 2.29. The summed E-state index contributed by atoms with van der Waals surface area (Å²) in [5.74, 6) is 1.38. The number of benzene rings is 2. The zero-order chi connectivity index (χ0) is 20.6. The molecule has 2 unspecified atom stereocenters. The molecule has 0 aromatic heterocycles. The molecular formula is C23H30N2O4. The number of amides is 1. The summed E-state index contributed by atoms with van der Waals surface area (Å²) in [6.45, 7) is 7.37. The van der Waals surface area contributed by atoms with Crippen molar-refractivity contribution in [1.29, 1.82) is 0 Å². The zero-order valence-electron chi connectivity index (χ0n) is 17.4. The van der Waals surface area contributed by atoms with Crippen LogP contribution < -0.4 is 14.8 Å². The Morgan fingerprint density at radius 3 is 2.31 bits per heavy atom. The van der Waals surface area contributed by atoms with Gasteiger partial charge in [0.1, 0.15) is 11.5 Å². The van der Waals surface area contributed by atoms with E-state index in [1.54, 1.807) is 14.0 Å². The maximum absolute atomic E-state index is 12.6. The summed E-state index contributed by atoms with van der Waals surface area (Å²) < 4.78 is 16.5. The van der Waals surface area contributed by atoms with Crippen molar-refractivity contribution in [3.8, 4) is 11.5 Å². The molecule has 0 spiro atoms. The number of rotatable bonds is 8. The maximum atomic E-state index is 12.6. The first-order chi connectivity index (χ1) is 14.1. The van der Waals surface area contributed by atoms with Crippen LogP contribution in [-0.4, -0.2) is 56.9 Å². The molecule has 6 nitrogen and oxygen atoms in total. The molecular weight excluding hydrogens is 368 g/mol. The highest BCUT2D eigenvalue weighted by atomic mass is 16.5. The van der Waals surface area contributed by atoms with Gasteiger partial charge in [-0.3, -0.25) is 9.69 Å². The van der Waals surface area contributed by atoms with Gasteiger partial charge in [-0.15, -0.1) is 0 Å². The van der Waals surface area contributed by atoms with Gasteiger partial charge in [0.25, 0.3) is 5.91 Å². The summed E-state index contributed by atoms with van der Waals surface area (Å²) >= 11 is 0. The summed E-state index contributed by atoms with van der Waals surface area (Å²) in [6, 6.07) is 15.8. The Kier molecular flexibility index (Phi) is 7.49. The second-order valence-electron chi connectivity index (χ2n) is 7.26. The van der Waals surface area contributed by atoms with Gasteiger partial charge in [-0.1, -0.05) is 29.8 Å². The standard InChI is InChI=1S/C23H30N2O4/c1-17-4-8-21(9-5-17)29-18(2)23(26)24-16-22(25-12-14-28-15-13-25)19-6-10-20(27-3)11-7-19/h4-11,18,22H,12-16H2,1-3H3,(H,24,26). The Morgan fingerprint density at radius 2 is 1.69 bits per heavy atom. The second kappa shape index (κ2) is 10.3. The summed E-state index contributed by atoms with van der Waals surface area (Å²) in [6.07, 6.45) is -0.570. The average molecular weight is 399 g/mol. The number of nitrogens with one attached hydrogen (secondary N) is 1. The van der Waals surface area contributed by atoms with Gasteiger partial charge in [0.05, 0.1) is 26.4 Å². The molecule has 1 aliphatic heterocycles. The number of ether oxygens (including phenoxy) is 3. The lowest BCUT2D eigenvalue weighted by Crippen LogP contribution is -2.45. The van der Waals surface area contributed by atoms with E-state index >= 15 is 0 Å². The van der Waals surface area contributed by atoms with E-state index in [0.29, 0.717) is 25.5 Å². The van der Waals surface area contributed by atoms with Crippen LogP contribution in [0.3, 0.4) is 0 Å². The van der Waals surface area contributed by atoms with Crippen molar-refractivity contribution in [2.45, 2.75) is 26.0 Å². The van der Waals surface area contributed by atoms with Crippen molar-refractivity contribution in [3.63, 3.8) is 0 Å². The van der Waals surface area contributed by atoms with Crippen LogP contribution >= 0.6 is 0 Å². The highest BCUT2D eigenvalue weighted by Gasteiger charge is 2.24. The third-order valence-electron chi connectivity index (χ3n) is 5.16. The van der Waals surface area contributed by atoms with E-state index in [0.717, 1.165) is 30.0 Å². The normalized spacial score (nSPS) is 16.7. The van der Waals surface area contributed by atoms with Gasteiger partial charge in [-0.05, 0) is 43.7 Å². The minimum absolute atomic E-state index is 0.0698. The van der Waals surface area contributed by atoms with E-state index < -0.39 is 6.10 Å². The molecule has 0 aliphatic carbocycles. The number of hydrogen-bond donors (Lipinski definition) is 1. The smallest absolute Gasteiger partial charge is 0.260 e. The third kappa shape index (κ3) is 5.95. The number of hydrogen-bond acceptors (Lipinski definition) is 5. The minimum atomic E-state index is -0.570. The Labute approximate surface area is 172 Å². The molecule has 1 saturated heterocycles. The zero-order valence-corrected chi connectivity index (χ0v) is 17.4. The van der Waals surface area contributed by atoms with E-state index in [9.17, 15) is 4.79 Å². The predicted octanol–water partition coefficient (Wildman–Crippen LogP) is 2.96. The molecule has 2 aromatic rings. The summed E-state index contributed by atoms with van der Waals surface area (Å²) in [5, 5.41) is 3.06. The molecule has 2 aromatic carbocycles. The highest BCUT2D eigenvalue weighted by molar-refractivity contribution is 5.80. The molecule has 1 N–H and O–H groups in total. The average Bonchev–Trinajstić information content (AvgIpc) is 2.76. The summed E-state index contributed by atoms with van der Waals surface area (Å²) in [7, 11) is 1.66. The second-order valence-corrected chi connectivity index (χ2v) is 7.26. The van der Waals surface area contributed by atoms with Crippen LogP contribution in [-0.2, 0) is 9.53 Å². The van der Waals surface area contributed by atoms with E-state index in [-0.39, 0.29) is 11.9 Å². The van der Waals surface area contributed by atoms with E-state index in [4.69, 9.17) is 14.2 Å². The number of methoxy groups -OCH3 is 1. The molecule has 29 heavy (non-hydrogen) atoms. The van der Waals surface area contributed by atoms with Gasteiger partial charge in [-0.2, -0.15) is 0 Å². The number of nitrogens with zero attached hydrogens (tertiary/aromatic N) is 1. The molecule has 1 fully saturated rings. The topological polar surface area (TPSA) is 60.0 Å². The monoisotopic (exact) mass is 398 g/mol. The van der Waals surface area contributed by atoms with Gasteiger partial charge in [0.2, 0.25) is 0 Å². The molecule has 1 aliphatic rings. The van der Waals surface area contributed by atoms with Crippen molar-refractivity contribution >= 4 is 5.91 Å². The Hall–Kier alpha value is -2.57. The molecule has 0 radical (unpaired) electrons. The van der Waals surface area contributed by atoms with Gasteiger partial charge in [0, 0.05) is 19.6 Å². The number of aryl methyl sites for hydroxylation is 1. The fourth-order valence-electron chi connectivity index (χ4n) is 3.39.